The summed E-state index contributed by atoms with van der Waals surface area (Å²) in [6.07, 6.45) is 1.52. The largest absolute Gasteiger partial charge is 0.486 e. The van der Waals surface area contributed by atoms with Crippen LogP contribution in [0.2, 0.25) is 0 Å². The number of pyridine rings is 1. The van der Waals surface area contributed by atoms with E-state index in [4.69, 9.17) is 14.2 Å². The molecule has 2 aromatic carbocycles. The Labute approximate surface area is 140 Å². The highest BCUT2D eigenvalue weighted by Crippen LogP contribution is 2.38. The second-order valence-electron chi connectivity index (χ2n) is 5.30. The van der Waals surface area contributed by atoms with E-state index in [-0.39, 0.29) is 11.4 Å². The van der Waals surface area contributed by atoms with E-state index in [0.29, 0.717) is 41.4 Å². The molecule has 0 N–H and O–H groups in total. The van der Waals surface area contributed by atoms with Crippen LogP contribution in [0.15, 0.2) is 42.6 Å². The van der Waals surface area contributed by atoms with Crippen molar-refractivity contribution in [3.05, 3.63) is 58.5 Å². The average molecular weight is 342 g/mol. The molecule has 0 aliphatic carbocycles. The fraction of sp³-hybridized carbons (Fsp3) is 0.118. The third kappa shape index (κ3) is 2.78. The smallest absolute Gasteiger partial charge is 0.272 e. The number of nitro benzene ring substituents is 1. The van der Waals surface area contributed by atoms with Gasteiger partial charge < -0.3 is 14.2 Å². The van der Waals surface area contributed by atoms with Crippen LogP contribution in [-0.4, -0.2) is 23.1 Å². The molecule has 1 aliphatic rings. The molecule has 1 aromatic heterocycles. The van der Waals surface area contributed by atoms with Crippen LogP contribution in [0.3, 0.4) is 0 Å². The van der Waals surface area contributed by atoms with Gasteiger partial charge in [-0.1, -0.05) is 0 Å². The Hall–Kier alpha value is -3.42. The van der Waals surface area contributed by atoms with E-state index >= 15 is 0 Å². The molecular formula is C17H11FN2O5. The number of aromatic nitrogens is 1. The molecule has 0 fully saturated rings. The van der Waals surface area contributed by atoms with Crippen molar-refractivity contribution in [1.82, 2.24) is 4.98 Å². The first-order chi connectivity index (χ1) is 12.1. The normalized spacial score (nSPS) is 12.8. The van der Waals surface area contributed by atoms with Gasteiger partial charge in [-0.05, 0) is 18.2 Å². The molecule has 4 rings (SSSR count). The number of fused-ring (bicyclic) bond motifs is 2. The van der Waals surface area contributed by atoms with Crippen LogP contribution in [0.4, 0.5) is 10.1 Å². The van der Waals surface area contributed by atoms with Crippen LogP contribution in [-0.2, 0) is 0 Å². The fourth-order valence-electron chi connectivity index (χ4n) is 2.55. The minimum atomic E-state index is -0.822. The maximum absolute atomic E-state index is 14.1. The van der Waals surface area contributed by atoms with E-state index in [1.54, 1.807) is 18.2 Å². The summed E-state index contributed by atoms with van der Waals surface area (Å²) < 4.78 is 30.8. The number of nitrogens with zero attached hydrogens (tertiary/aromatic N) is 2. The quantitative estimate of drug-likeness (QED) is 0.531. The van der Waals surface area contributed by atoms with Gasteiger partial charge in [0.15, 0.2) is 23.1 Å². The summed E-state index contributed by atoms with van der Waals surface area (Å²) in [6, 6.07) is 8.24. The van der Waals surface area contributed by atoms with Gasteiger partial charge in [0.1, 0.15) is 19.0 Å². The second kappa shape index (κ2) is 5.90. The van der Waals surface area contributed by atoms with E-state index < -0.39 is 10.7 Å². The van der Waals surface area contributed by atoms with Crippen LogP contribution in [0.1, 0.15) is 0 Å². The molecule has 8 heteroatoms. The SMILES string of the molecule is O=[N+]([O-])c1ccc(Oc2ccnc3cc4c(cc23)OCCO4)c(F)c1. The van der Waals surface area contributed by atoms with Gasteiger partial charge in [0.25, 0.3) is 5.69 Å². The number of non-ortho nitro benzene ring substituents is 1. The first-order valence-electron chi connectivity index (χ1n) is 7.42. The lowest BCUT2D eigenvalue weighted by Crippen LogP contribution is -2.15. The van der Waals surface area contributed by atoms with Gasteiger partial charge in [0.2, 0.25) is 0 Å². The first kappa shape index (κ1) is 15.1. The van der Waals surface area contributed by atoms with Crippen LogP contribution in [0, 0.1) is 15.9 Å². The van der Waals surface area contributed by atoms with Crippen molar-refractivity contribution in [3.63, 3.8) is 0 Å². The van der Waals surface area contributed by atoms with Crippen molar-refractivity contribution in [2.24, 2.45) is 0 Å². The lowest BCUT2D eigenvalue weighted by atomic mass is 10.1. The lowest BCUT2D eigenvalue weighted by molar-refractivity contribution is -0.385. The van der Waals surface area contributed by atoms with Gasteiger partial charge >= 0.3 is 0 Å². The van der Waals surface area contributed by atoms with Crippen LogP contribution >= 0.6 is 0 Å². The summed E-state index contributed by atoms with van der Waals surface area (Å²) in [7, 11) is 0. The molecule has 0 bridgehead atoms. The molecule has 7 nitrogen and oxygen atoms in total. The Morgan fingerprint density at radius 1 is 1.08 bits per heavy atom. The van der Waals surface area contributed by atoms with Crippen molar-refractivity contribution in [1.29, 1.82) is 0 Å². The predicted octanol–water partition coefficient (Wildman–Crippen LogP) is 3.85. The maximum Gasteiger partial charge on any atom is 0.272 e. The molecule has 1 aliphatic heterocycles. The third-order valence-corrected chi connectivity index (χ3v) is 3.71. The zero-order chi connectivity index (χ0) is 17.4. The molecule has 126 valence electrons. The van der Waals surface area contributed by atoms with Crippen molar-refractivity contribution in [3.8, 4) is 23.0 Å². The summed E-state index contributed by atoms with van der Waals surface area (Å²) >= 11 is 0. The van der Waals surface area contributed by atoms with E-state index in [1.165, 1.54) is 18.3 Å². The monoisotopic (exact) mass is 342 g/mol. The number of nitro groups is 1. The molecule has 25 heavy (non-hydrogen) atoms. The number of hydrogen-bond donors (Lipinski definition) is 0. The Balaban J connectivity index is 1.75. The van der Waals surface area contributed by atoms with Crippen LogP contribution < -0.4 is 14.2 Å². The van der Waals surface area contributed by atoms with Crippen molar-refractivity contribution in [2.75, 3.05) is 13.2 Å². The van der Waals surface area contributed by atoms with E-state index in [2.05, 4.69) is 4.98 Å². The van der Waals surface area contributed by atoms with E-state index in [0.717, 1.165) is 6.07 Å². The standard InChI is InChI=1S/C17H11FN2O5/c18-12-7-10(20(21)22)1-2-15(12)25-14-3-4-19-13-9-17-16(8-11(13)14)23-5-6-24-17/h1-4,7-9H,5-6H2. The summed E-state index contributed by atoms with van der Waals surface area (Å²) in [4.78, 5) is 14.3. The van der Waals surface area contributed by atoms with Crippen molar-refractivity contribution < 1.29 is 23.5 Å². The molecule has 0 amide bonds. The third-order valence-electron chi connectivity index (χ3n) is 3.71. The highest BCUT2D eigenvalue weighted by Gasteiger charge is 2.17. The molecule has 0 saturated carbocycles. The van der Waals surface area contributed by atoms with Gasteiger partial charge in [-0.25, -0.2) is 4.39 Å². The molecule has 0 spiro atoms. The molecule has 2 heterocycles. The number of ether oxygens (including phenoxy) is 3. The molecule has 0 unspecified atom stereocenters. The molecule has 0 saturated heterocycles. The van der Waals surface area contributed by atoms with E-state index in [1.807, 2.05) is 0 Å². The van der Waals surface area contributed by atoms with Gasteiger partial charge in [0.05, 0.1) is 16.5 Å². The number of hydrogen-bond acceptors (Lipinski definition) is 6. The fourth-order valence-corrected chi connectivity index (χ4v) is 2.55. The van der Waals surface area contributed by atoms with Gasteiger partial charge in [-0.15, -0.1) is 0 Å². The number of benzene rings is 2. The molecule has 0 radical (unpaired) electrons. The summed E-state index contributed by atoms with van der Waals surface area (Å²) in [6.45, 7) is 0.897. The van der Waals surface area contributed by atoms with Crippen LogP contribution in [0.5, 0.6) is 23.0 Å². The Morgan fingerprint density at radius 3 is 2.56 bits per heavy atom. The highest BCUT2D eigenvalue weighted by molar-refractivity contribution is 5.88. The molecule has 0 atom stereocenters. The Kier molecular flexibility index (Phi) is 3.57. The van der Waals surface area contributed by atoms with Gasteiger partial charge in [-0.3, -0.25) is 15.1 Å². The van der Waals surface area contributed by atoms with Crippen molar-refractivity contribution in [2.45, 2.75) is 0 Å². The molecular weight excluding hydrogens is 331 g/mol. The minimum absolute atomic E-state index is 0.118. The maximum atomic E-state index is 14.1. The zero-order valence-electron chi connectivity index (χ0n) is 12.8. The van der Waals surface area contributed by atoms with Crippen LogP contribution in [0.25, 0.3) is 10.9 Å². The lowest BCUT2D eigenvalue weighted by Gasteiger charge is -2.19. The van der Waals surface area contributed by atoms with Gasteiger partial charge in [-0.2, -0.15) is 0 Å². The Morgan fingerprint density at radius 2 is 1.84 bits per heavy atom. The number of halogens is 1. The Bertz CT molecular complexity index is 992. The highest BCUT2D eigenvalue weighted by atomic mass is 19.1. The summed E-state index contributed by atoms with van der Waals surface area (Å²) in [5.74, 6) is 0.560. The predicted molar refractivity (Wildman–Crippen MR) is 85.9 cm³/mol. The first-order valence-corrected chi connectivity index (χ1v) is 7.42. The second-order valence-corrected chi connectivity index (χ2v) is 5.30. The zero-order valence-corrected chi connectivity index (χ0v) is 12.8. The minimum Gasteiger partial charge on any atom is -0.486 e. The van der Waals surface area contributed by atoms with Crippen molar-refractivity contribution >= 4 is 16.6 Å². The number of rotatable bonds is 3. The average Bonchev–Trinajstić information content (AvgIpc) is 2.62. The van der Waals surface area contributed by atoms with Gasteiger partial charge in [0, 0.05) is 23.7 Å². The summed E-state index contributed by atoms with van der Waals surface area (Å²) in [5.41, 5.74) is 0.258. The molecule has 3 aromatic rings. The summed E-state index contributed by atoms with van der Waals surface area (Å²) in [5, 5.41) is 11.3. The topological polar surface area (TPSA) is 83.7 Å². The van der Waals surface area contributed by atoms with E-state index in [9.17, 15) is 14.5 Å².